The van der Waals surface area contributed by atoms with E-state index in [-0.39, 0.29) is 23.9 Å². The third-order valence-corrected chi connectivity index (χ3v) is 2.42. The first-order chi connectivity index (χ1) is 9.85. The van der Waals surface area contributed by atoms with Crippen molar-refractivity contribution in [2.24, 2.45) is 0 Å². The van der Waals surface area contributed by atoms with Gasteiger partial charge in [-0.2, -0.15) is 0 Å². The van der Waals surface area contributed by atoms with Crippen molar-refractivity contribution in [3.63, 3.8) is 0 Å². The lowest BCUT2D eigenvalue weighted by Crippen LogP contribution is -2.27. The van der Waals surface area contributed by atoms with E-state index in [9.17, 15) is 14.4 Å². The Kier molecular flexibility index (Phi) is 5.53. The molecule has 21 heavy (non-hydrogen) atoms. The molecule has 0 aromatic heterocycles. The molecule has 0 heterocycles. The fourth-order valence-electron chi connectivity index (χ4n) is 1.42. The second kappa shape index (κ2) is 7.13. The number of rotatable bonds is 4. The number of ether oxygens (including phenoxy) is 1. The van der Waals surface area contributed by atoms with Crippen molar-refractivity contribution in [2.75, 3.05) is 31.3 Å². The Labute approximate surface area is 121 Å². The SMILES string of the molecule is CCOC(=O)Nc1cc(NC(=O)N(C)C)ccc1C(=O)O. The zero-order valence-electron chi connectivity index (χ0n) is 12.0. The second-order valence-corrected chi connectivity index (χ2v) is 4.24. The summed E-state index contributed by atoms with van der Waals surface area (Å²) in [7, 11) is 3.14. The molecule has 1 aromatic carbocycles. The summed E-state index contributed by atoms with van der Waals surface area (Å²) in [6.45, 7) is 1.79. The first-order valence-corrected chi connectivity index (χ1v) is 6.14. The Bertz CT molecular complexity index is 557. The Balaban J connectivity index is 3.03. The van der Waals surface area contributed by atoms with Crippen LogP contribution in [0.25, 0.3) is 0 Å². The number of carbonyl (C=O) groups is 3. The largest absolute Gasteiger partial charge is 0.478 e. The van der Waals surface area contributed by atoms with Crippen LogP contribution in [0.5, 0.6) is 0 Å². The zero-order valence-corrected chi connectivity index (χ0v) is 12.0. The van der Waals surface area contributed by atoms with E-state index in [0.29, 0.717) is 5.69 Å². The van der Waals surface area contributed by atoms with E-state index in [1.807, 2.05) is 0 Å². The van der Waals surface area contributed by atoms with Crippen LogP contribution in [-0.2, 0) is 4.74 Å². The summed E-state index contributed by atoms with van der Waals surface area (Å²) >= 11 is 0. The molecule has 1 rings (SSSR count). The molecule has 0 radical (unpaired) electrons. The number of nitrogens with zero attached hydrogens (tertiary/aromatic N) is 1. The minimum absolute atomic E-state index is 0.0394. The Morgan fingerprint density at radius 2 is 1.90 bits per heavy atom. The number of aromatic carboxylic acids is 1. The average molecular weight is 295 g/mol. The minimum Gasteiger partial charge on any atom is -0.478 e. The number of carboxylic acids is 1. The van der Waals surface area contributed by atoms with Gasteiger partial charge in [-0.05, 0) is 25.1 Å². The van der Waals surface area contributed by atoms with Gasteiger partial charge in [0, 0.05) is 19.8 Å². The summed E-state index contributed by atoms with van der Waals surface area (Å²) in [4.78, 5) is 35.4. The van der Waals surface area contributed by atoms with E-state index in [1.54, 1.807) is 21.0 Å². The molecule has 0 unspecified atom stereocenters. The lowest BCUT2D eigenvalue weighted by Gasteiger charge is -2.14. The van der Waals surface area contributed by atoms with Crippen LogP contribution in [-0.4, -0.2) is 48.8 Å². The van der Waals surface area contributed by atoms with E-state index in [2.05, 4.69) is 10.6 Å². The van der Waals surface area contributed by atoms with Crippen LogP contribution >= 0.6 is 0 Å². The van der Waals surface area contributed by atoms with E-state index < -0.39 is 12.1 Å². The molecule has 3 amide bonds. The van der Waals surface area contributed by atoms with Crippen molar-refractivity contribution in [1.29, 1.82) is 0 Å². The molecular formula is C13H17N3O5. The van der Waals surface area contributed by atoms with Crippen molar-refractivity contribution in [3.05, 3.63) is 23.8 Å². The van der Waals surface area contributed by atoms with Crippen molar-refractivity contribution >= 4 is 29.5 Å². The van der Waals surface area contributed by atoms with Crippen LogP contribution in [0.1, 0.15) is 17.3 Å². The van der Waals surface area contributed by atoms with Gasteiger partial charge in [-0.1, -0.05) is 0 Å². The highest BCUT2D eigenvalue weighted by Gasteiger charge is 2.15. The van der Waals surface area contributed by atoms with Crippen molar-refractivity contribution in [2.45, 2.75) is 6.92 Å². The zero-order chi connectivity index (χ0) is 16.0. The van der Waals surface area contributed by atoms with E-state index >= 15 is 0 Å². The monoisotopic (exact) mass is 295 g/mol. The van der Waals surface area contributed by atoms with Gasteiger partial charge in [0.1, 0.15) is 0 Å². The summed E-state index contributed by atoms with van der Waals surface area (Å²) in [6, 6.07) is 3.69. The predicted octanol–water partition coefficient (Wildman–Crippen LogP) is 2.05. The van der Waals surface area contributed by atoms with Crippen LogP contribution < -0.4 is 10.6 Å². The van der Waals surface area contributed by atoms with Crippen molar-refractivity contribution < 1.29 is 24.2 Å². The highest BCUT2D eigenvalue weighted by Crippen LogP contribution is 2.21. The van der Waals surface area contributed by atoms with Gasteiger partial charge in [0.25, 0.3) is 0 Å². The fourth-order valence-corrected chi connectivity index (χ4v) is 1.42. The number of urea groups is 1. The van der Waals surface area contributed by atoms with Crippen LogP contribution in [0.15, 0.2) is 18.2 Å². The van der Waals surface area contributed by atoms with Gasteiger partial charge in [0.15, 0.2) is 0 Å². The van der Waals surface area contributed by atoms with Crippen LogP contribution in [0, 0.1) is 0 Å². The van der Waals surface area contributed by atoms with E-state index in [0.717, 1.165) is 0 Å². The first-order valence-electron chi connectivity index (χ1n) is 6.14. The van der Waals surface area contributed by atoms with Crippen molar-refractivity contribution in [1.82, 2.24) is 4.90 Å². The molecule has 0 aliphatic rings. The summed E-state index contributed by atoms with van der Waals surface area (Å²) in [5.41, 5.74) is 0.286. The number of carbonyl (C=O) groups excluding carboxylic acids is 2. The third kappa shape index (κ3) is 4.68. The molecule has 0 aliphatic carbocycles. The van der Waals surface area contributed by atoms with Gasteiger partial charge in [0.2, 0.25) is 0 Å². The predicted molar refractivity (Wildman–Crippen MR) is 76.8 cm³/mol. The number of benzene rings is 1. The summed E-state index contributed by atoms with van der Waals surface area (Å²) in [5, 5.41) is 14.0. The molecule has 0 atom stereocenters. The number of amides is 3. The summed E-state index contributed by atoms with van der Waals surface area (Å²) in [5.74, 6) is -1.20. The van der Waals surface area contributed by atoms with Gasteiger partial charge in [-0.15, -0.1) is 0 Å². The maximum Gasteiger partial charge on any atom is 0.411 e. The summed E-state index contributed by atoms with van der Waals surface area (Å²) in [6.07, 6.45) is -0.768. The quantitative estimate of drug-likeness (QED) is 0.787. The molecule has 3 N–H and O–H groups in total. The number of hydrogen-bond acceptors (Lipinski definition) is 4. The van der Waals surface area contributed by atoms with Crippen LogP contribution in [0.2, 0.25) is 0 Å². The van der Waals surface area contributed by atoms with E-state index in [4.69, 9.17) is 9.84 Å². The topological polar surface area (TPSA) is 108 Å². The van der Waals surface area contributed by atoms with Gasteiger partial charge >= 0.3 is 18.1 Å². The maximum atomic E-state index is 11.6. The number of carboxylic acid groups (broad SMARTS) is 1. The highest BCUT2D eigenvalue weighted by atomic mass is 16.5. The minimum atomic E-state index is -1.20. The Hall–Kier alpha value is -2.77. The highest BCUT2D eigenvalue weighted by molar-refractivity contribution is 6.00. The molecule has 8 nitrogen and oxygen atoms in total. The Morgan fingerprint density at radius 3 is 2.43 bits per heavy atom. The standard InChI is InChI=1S/C13H17N3O5/c1-4-21-13(20)15-10-7-8(14-12(19)16(2)3)5-6-9(10)11(17)18/h5-7H,4H2,1-3H3,(H,14,19)(H,15,20)(H,17,18). The first kappa shape index (κ1) is 16.3. The molecule has 0 bridgehead atoms. The lowest BCUT2D eigenvalue weighted by atomic mass is 10.1. The lowest BCUT2D eigenvalue weighted by molar-refractivity contribution is 0.0698. The number of nitrogens with one attached hydrogen (secondary N) is 2. The summed E-state index contributed by atoms with van der Waals surface area (Å²) < 4.78 is 4.70. The van der Waals surface area contributed by atoms with Gasteiger partial charge < -0.3 is 20.1 Å². The van der Waals surface area contributed by atoms with Gasteiger partial charge in [-0.3, -0.25) is 5.32 Å². The number of hydrogen-bond donors (Lipinski definition) is 3. The van der Waals surface area contributed by atoms with Gasteiger partial charge in [-0.25, -0.2) is 14.4 Å². The molecular weight excluding hydrogens is 278 g/mol. The molecule has 0 spiro atoms. The molecule has 8 heteroatoms. The number of anilines is 2. The Morgan fingerprint density at radius 1 is 1.24 bits per heavy atom. The molecule has 1 aromatic rings. The molecule has 0 saturated heterocycles. The second-order valence-electron chi connectivity index (χ2n) is 4.24. The van der Waals surface area contributed by atoms with Crippen LogP contribution in [0.4, 0.5) is 21.0 Å². The molecule has 114 valence electrons. The van der Waals surface area contributed by atoms with Crippen LogP contribution in [0.3, 0.4) is 0 Å². The smallest absolute Gasteiger partial charge is 0.411 e. The fraction of sp³-hybridized carbons (Fsp3) is 0.308. The molecule has 0 fully saturated rings. The maximum absolute atomic E-state index is 11.6. The third-order valence-electron chi connectivity index (χ3n) is 2.42. The normalized spacial score (nSPS) is 9.67. The van der Waals surface area contributed by atoms with Gasteiger partial charge in [0.05, 0.1) is 17.9 Å². The average Bonchev–Trinajstić information content (AvgIpc) is 2.38. The molecule has 0 aliphatic heterocycles. The van der Waals surface area contributed by atoms with E-state index in [1.165, 1.54) is 23.1 Å². The molecule has 0 saturated carbocycles. The van der Waals surface area contributed by atoms with Crippen molar-refractivity contribution in [3.8, 4) is 0 Å².